The number of amides is 1. The second kappa shape index (κ2) is 6.83. The van der Waals surface area contributed by atoms with E-state index in [1.54, 1.807) is 20.8 Å². The Morgan fingerprint density at radius 3 is 2.22 bits per heavy atom. The maximum atomic E-state index is 11.4. The molecule has 0 saturated carbocycles. The van der Waals surface area contributed by atoms with E-state index in [1.165, 1.54) is 0 Å². The van der Waals surface area contributed by atoms with Crippen LogP contribution in [-0.2, 0) is 19.1 Å². The Kier molecular flexibility index (Phi) is 6.15. The number of nitrogens with one attached hydrogen (secondary N) is 1. The Balaban J connectivity index is 4.24. The third-order valence-corrected chi connectivity index (χ3v) is 1.83. The van der Waals surface area contributed by atoms with Crippen molar-refractivity contribution in [2.24, 2.45) is 0 Å². The quantitative estimate of drug-likeness (QED) is 0.713. The van der Waals surface area contributed by atoms with E-state index in [4.69, 9.17) is 9.84 Å². The third-order valence-electron chi connectivity index (χ3n) is 1.83. The van der Waals surface area contributed by atoms with Crippen LogP contribution in [0, 0.1) is 0 Å². The molecule has 0 saturated heterocycles. The Labute approximate surface area is 105 Å². The summed E-state index contributed by atoms with van der Waals surface area (Å²) in [5.41, 5.74) is -0.619. The van der Waals surface area contributed by atoms with Crippen molar-refractivity contribution in [2.45, 2.75) is 45.3 Å². The van der Waals surface area contributed by atoms with Crippen molar-refractivity contribution in [1.82, 2.24) is 5.32 Å². The molecule has 0 aromatic rings. The predicted molar refractivity (Wildman–Crippen MR) is 62.0 cm³/mol. The number of alkyl carbamates (subject to hydrolysis) is 1. The molecular weight excluding hydrogens is 242 g/mol. The SMILES string of the molecule is COC(=O)N[C@H](CCC(=O)OC(C)(C)C)C(=O)O. The summed E-state index contributed by atoms with van der Waals surface area (Å²) >= 11 is 0. The van der Waals surface area contributed by atoms with E-state index in [2.05, 4.69) is 10.1 Å². The molecule has 0 bridgehead atoms. The maximum Gasteiger partial charge on any atom is 0.407 e. The van der Waals surface area contributed by atoms with Crippen molar-refractivity contribution in [3.8, 4) is 0 Å². The number of hydrogen-bond acceptors (Lipinski definition) is 5. The molecule has 0 heterocycles. The number of carboxylic acid groups (broad SMARTS) is 1. The van der Waals surface area contributed by atoms with Crippen LogP contribution in [-0.4, -0.2) is 41.9 Å². The zero-order valence-electron chi connectivity index (χ0n) is 11.0. The Hall–Kier alpha value is -1.79. The molecule has 1 atom stereocenters. The van der Waals surface area contributed by atoms with Crippen molar-refractivity contribution >= 4 is 18.0 Å². The normalized spacial score (nSPS) is 12.4. The average molecular weight is 261 g/mol. The highest BCUT2D eigenvalue weighted by Crippen LogP contribution is 2.10. The molecule has 0 unspecified atom stereocenters. The van der Waals surface area contributed by atoms with Gasteiger partial charge in [0.15, 0.2) is 0 Å². The molecule has 0 spiro atoms. The molecule has 104 valence electrons. The van der Waals surface area contributed by atoms with Gasteiger partial charge in [-0.15, -0.1) is 0 Å². The summed E-state index contributed by atoms with van der Waals surface area (Å²) in [6, 6.07) is -1.18. The van der Waals surface area contributed by atoms with E-state index in [0.29, 0.717) is 0 Å². The van der Waals surface area contributed by atoms with Gasteiger partial charge in [0.1, 0.15) is 11.6 Å². The molecule has 1 amide bonds. The minimum Gasteiger partial charge on any atom is -0.480 e. The predicted octanol–water partition coefficient (Wildman–Crippen LogP) is 0.917. The monoisotopic (exact) mass is 261 g/mol. The van der Waals surface area contributed by atoms with Gasteiger partial charge >= 0.3 is 18.0 Å². The van der Waals surface area contributed by atoms with Gasteiger partial charge in [0.05, 0.1) is 7.11 Å². The van der Waals surface area contributed by atoms with E-state index in [1.807, 2.05) is 0 Å². The van der Waals surface area contributed by atoms with E-state index in [0.717, 1.165) is 7.11 Å². The van der Waals surface area contributed by atoms with Crippen LogP contribution in [0.5, 0.6) is 0 Å². The molecule has 0 aromatic heterocycles. The molecule has 2 N–H and O–H groups in total. The number of hydrogen-bond donors (Lipinski definition) is 2. The number of aliphatic carboxylic acids is 1. The standard InChI is InChI=1S/C11H19NO6/c1-11(2,3)18-8(13)6-5-7(9(14)15)12-10(16)17-4/h7H,5-6H2,1-4H3,(H,12,16)(H,14,15)/t7-/m1/s1. The molecule has 0 aliphatic carbocycles. The maximum absolute atomic E-state index is 11.4. The lowest BCUT2D eigenvalue weighted by Gasteiger charge is -2.20. The van der Waals surface area contributed by atoms with Crippen molar-refractivity contribution in [3.05, 3.63) is 0 Å². The molecule has 0 aromatic carbocycles. The van der Waals surface area contributed by atoms with Gasteiger partial charge in [-0.1, -0.05) is 0 Å². The van der Waals surface area contributed by atoms with E-state index >= 15 is 0 Å². The van der Waals surface area contributed by atoms with Gasteiger partial charge in [0, 0.05) is 6.42 Å². The average Bonchev–Trinajstić information content (AvgIpc) is 2.20. The summed E-state index contributed by atoms with van der Waals surface area (Å²) in [6.07, 6.45) is -1.01. The van der Waals surface area contributed by atoms with E-state index in [9.17, 15) is 14.4 Å². The lowest BCUT2D eigenvalue weighted by molar-refractivity contribution is -0.155. The molecule has 0 rings (SSSR count). The summed E-state index contributed by atoms with van der Waals surface area (Å²) in [5, 5.41) is 11.0. The Morgan fingerprint density at radius 2 is 1.83 bits per heavy atom. The van der Waals surface area contributed by atoms with E-state index < -0.39 is 29.7 Å². The zero-order chi connectivity index (χ0) is 14.3. The van der Waals surface area contributed by atoms with Crippen LogP contribution < -0.4 is 5.32 Å². The fourth-order valence-electron chi connectivity index (χ4n) is 1.11. The topological polar surface area (TPSA) is 102 Å². The number of rotatable bonds is 5. The summed E-state index contributed by atoms with van der Waals surface area (Å²) in [6.45, 7) is 5.14. The molecule has 0 aliphatic rings. The molecule has 7 nitrogen and oxygen atoms in total. The fraction of sp³-hybridized carbons (Fsp3) is 0.727. The van der Waals surface area contributed by atoms with Crippen molar-refractivity contribution in [3.63, 3.8) is 0 Å². The van der Waals surface area contributed by atoms with Crippen molar-refractivity contribution in [1.29, 1.82) is 0 Å². The number of methoxy groups -OCH3 is 1. The van der Waals surface area contributed by atoms with Crippen molar-refractivity contribution in [2.75, 3.05) is 7.11 Å². The van der Waals surface area contributed by atoms with Gasteiger partial charge in [-0.25, -0.2) is 9.59 Å². The van der Waals surface area contributed by atoms with Crippen LogP contribution in [0.25, 0.3) is 0 Å². The first-order valence-electron chi connectivity index (χ1n) is 5.45. The first kappa shape index (κ1) is 16.2. The van der Waals surface area contributed by atoms with Gasteiger partial charge in [-0.2, -0.15) is 0 Å². The first-order chi connectivity index (χ1) is 8.15. The zero-order valence-corrected chi connectivity index (χ0v) is 11.0. The van der Waals surface area contributed by atoms with Gasteiger partial charge in [-0.3, -0.25) is 4.79 Å². The van der Waals surface area contributed by atoms with Crippen LogP contribution in [0.15, 0.2) is 0 Å². The van der Waals surface area contributed by atoms with Crippen LogP contribution in [0.3, 0.4) is 0 Å². The molecule has 0 radical (unpaired) electrons. The summed E-state index contributed by atoms with van der Waals surface area (Å²) in [4.78, 5) is 33.1. The fourth-order valence-corrected chi connectivity index (χ4v) is 1.11. The first-order valence-corrected chi connectivity index (χ1v) is 5.45. The number of carboxylic acids is 1. The summed E-state index contributed by atoms with van der Waals surface area (Å²) in [7, 11) is 1.13. The summed E-state index contributed by atoms with van der Waals surface area (Å²) < 4.78 is 9.31. The van der Waals surface area contributed by atoms with Gasteiger partial charge in [-0.05, 0) is 27.2 Å². The molecule has 0 fully saturated rings. The number of carbonyl (C=O) groups excluding carboxylic acids is 2. The lowest BCUT2D eigenvalue weighted by Crippen LogP contribution is -2.41. The van der Waals surface area contributed by atoms with Crippen LogP contribution in [0.1, 0.15) is 33.6 Å². The van der Waals surface area contributed by atoms with Gasteiger partial charge in [0.25, 0.3) is 0 Å². The molecule has 18 heavy (non-hydrogen) atoms. The van der Waals surface area contributed by atoms with Crippen LogP contribution in [0.2, 0.25) is 0 Å². The highest BCUT2D eigenvalue weighted by Gasteiger charge is 2.23. The second-order valence-corrected chi connectivity index (χ2v) is 4.65. The van der Waals surface area contributed by atoms with Crippen molar-refractivity contribution < 1.29 is 29.0 Å². The van der Waals surface area contributed by atoms with Crippen LogP contribution >= 0.6 is 0 Å². The molecular formula is C11H19NO6. The highest BCUT2D eigenvalue weighted by molar-refractivity contribution is 5.80. The number of ether oxygens (including phenoxy) is 2. The summed E-state index contributed by atoms with van der Waals surface area (Å²) in [5.74, 6) is -1.75. The Morgan fingerprint density at radius 1 is 1.28 bits per heavy atom. The number of carbonyl (C=O) groups is 3. The van der Waals surface area contributed by atoms with Gasteiger partial charge < -0.3 is 19.9 Å². The molecule has 0 aliphatic heterocycles. The second-order valence-electron chi connectivity index (χ2n) is 4.65. The Bertz CT molecular complexity index is 320. The van der Waals surface area contributed by atoms with Crippen LogP contribution in [0.4, 0.5) is 4.79 Å². The largest absolute Gasteiger partial charge is 0.480 e. The number of esters is 1. The lowest BCUT2D eigenvalue weighted by atomic mass is 10.1. The van der Waals surface area contributed by atoms with Gasteiger partial charge in [0.2, 0.25) is 0 Å². The van der Waals surface area contributed by atoms with E-state index in [-0.39, 0.29) is 12.8 Å². The minimum atomic E-state index is -1.23. The smallest absolute Gasteiger partial charge is 0.407 e. The minimum absolute atomic E-state index is 0.0562. The molecule has 7 heteroatoms. The third kappa shape index (κ3) is 7.48. The highest BCUT2D eigenvalue weighted by atomic mass is 16.6.